The van der Waals surface area contributed by atoms with Gasteiger partial charge in [-0.05, 0) is 12.3 Å². The Labute approximate surface area is 64.3 Å². The number of nitrogens with zero attached hydrogens (tertiary/aromatic N) is 1. The van der Waals surface area contributed by atoms with Crippen LogP contribution in [0, 0.1) is 0 Å². The Morgan fingerprint density at radius 3 is 3.30 bits per heavy atom. The zero-order valence-corrected chi connectivity index (χ0v) is 6.10. The highest BCUT2D eigenvalue weighted by Gasteiger charge is 2.18. The minimum atomic E-state index is 0.0914. The van der Waals surface area contributed by atoms with E-state index in [1.807, 2.05) is 12.3 Å². The Hall–Kier alpha value is -0.900. The van der Waals surface area contributed by atoms with Crippen LogP contribution in [0.15, 0.2) is 27.9 Å². The summed E-state index contributed by atoms with van der Waals surface area (Å²) in [4.78, 5) is 4.13. The van der Waals surface area contributed by atoms with Crippen LogP contribution in [0.1, 0.15) is 0 Å². The quantitative estimate of drug-likeness (QED) is 0.435. The number of hydrogen-bond acceptors (Lipinski definition) is 4. The largest absolute Gasteiger partial charge is 0.366 e. The molecule has 2 aliphatic heterocycles. The second kappa shape index (κ2) is 2.05. The van der Waals surface area contributed by atoms with Gasteiger partial charge in [-0.1, -0.05) is 0 Å². The molecule has 0 saturated heterocycles. The van der Waals surface area contributed by atoms with Crippen LogP contribution in [-0.2, 0) is 0 Å². The van der Waals surface area contributed by atoms with E-state index in [1.165, 1.54) is 0 Å². The lowest BCUT2D eigenvalue weighted by molar-refractivity contribution is 0.727. The van der Waals surface area contributed by atoms with Crippen molar-refractivity contribution in [2.45, 2.75) is 6.17 Å². The molecule has 1 unspecified atom stereocenters. The molecular weight excluding hydrogens is 146 g/mol. The molecule has 2 heterocycles. The van der Waals surface area contributed by atoms with Crippen LogP contribution in [0.5, 0.6) is 0 Å². The molecule has 2 aliphatic rings. The van der Waals surface area contributed by atoms with E-state index < -0.39 is 0 Å². The van der Waals surface area contributed by atoms with Gasteiger partial charge in [-0.2, -0.15) is 0 Å². The zero-order valence-electron chi connectivity index (χ0n) is 5.20. The van der Waals surface area contributed by atoms with Crippen molar-refractivity contribution in [2.75, 3.05) is 0 Å². The fourth-order valence-corrected chi connectivity index (χ4v) is 1.25. The Morgan fingerprint density at radius 2 is 2.50 bits per heavy atom. The molecule has 52 valence electrons. The summed E-state index contributed by atoms with van der Waals surface area (Å²) < 4.78 is 0. The summed E-state index contributed by atoms with van der Waals surface area (Å²) in [6.07, 6.45) is 5.59. The van der Waals surface area contributed by atoms with Crippen LogP contribution in [-0.4, -0.2) is 12.5 Å². The topological polar surface area (TPSA) is 36.4 Å². The summed E-state index contributed by atoms with van der Waals surface area (Å²) in [6, 6.07) is 0. The highest BCUT2D eigenvalue weighted by atomic mass is 32.1. The molecule has 0 aromatic heterocycles. The summed E-state index contributed by atoms with van der Waals surface area (Å²) in [5, 5.41) is 6.85. The van der Waals surface area contributed by atoms with E-state index in [0.29, 0.717) is 0 Å². The molecule has 1 atom stereocenters. The first-order valence-electron chi connectivity index (χ1n) is 3.02. The average molecular weight is 153 g/mol. The van der Waals surface area contributed by atoms with Crippen LogP contribution in [0.2, 0.25) is 0 Å². The summed E-state index contributed by atoms with van der Waals surface area (Å²) >= 11 is 4.22. The number of thiol groups is 1. The Morgan fingerprint density at radius 1 is 1.60 bits per heavy atom. The lowest BCUT2D eigenvalue weighted by Crippen LogP contribution is -2.27. The molecule has 4 heteroatoms. The lowest BCUT2D eigenvalue weighted by atomic mass is 10.2. The third-order valence-corrected chi connectivity index (χ3v) is 1.90. The summed E-state index contributed by atoms with van der Waals surface area (Å²) in [5.41, 5.74) is 1.10. The molecule has 0 amide bonds. The first kappa shape index (κ1) is 5.85. The molecule has 0 radical (unpaired) electrons. The van der Waals surface area contributed by atoms with Gasteiger partial charge in [0.25, 0.3) is 0 Å². The SMILES string of the molecule is SC1=C2C=CNC2N=CN1. The smallest absolute Gasteiger partial charge is 0.148 e. The highest BCUT2D eigenvalue weighted by Crippen LogP contribution is 2.19. The number of aliphatic imine (C=N–C) groups is 1. The van der Waals surface area contributed by atoms with E-state index in [-0.39, 0.29) is 6.17 Å². The predicted octanol–water partition coefficient (Wildman–Crippen LogP) is 0.202. The molecule has 0 spiro atoms. The molecule has 0 saturated carbocycles. The van der Waals surface area contributed by atoms with Gasteiger partial charge >= 0.3 is 0 Å². The van der Waals surface area contributed by atoms with Gasteiger partial charge in [0.05, 0.1) is 11.4 Å². The van der Waals surface area contributed by atoms with Crippen molar-refractivity contribution in [3.8, 4) is 0 Å². The van der Waals surface area contributed by atoms with Crippen molar-refractivity contribution < 1.29 is 0 Å². The van der Waals surface area contributed by atoms with Gasteiger partial charge in [-0.25, -0.2) is 4.99 Å². The average Bonchev–Trinajstić information content (AvgIpc) is 2.36. The standard InChI is InChI=1S/C6H7N3S/c10-6-4-1-2-7-5(4)8-3-9-6/h1-3,5,7,10H,(H,8,9). The summed E-state index contributed by atoms with van der Waals surface area (Å²) in [6.45, 7) is 0. The van der Waals surface area contributed by atoms with Crippen LogP contribution >= 0.6 is 12.6 Å². The number of rotatable bonds is 0. The third kappa shape index (κ3) is 0.724. The predicted molar refractivity (Wildman–Crippen MR) is 43.7 cm³/mol. The zero-order chi connectivity index (χ0) is 6.97. The van der Waals surface area contributed by atoms with E-state index in [2.05, 4.69) is 28.3 Å². The third-order valence-electron chi connectivity index (χ3n) is 1.51. The fraction of sp³-hybridized carbons (Fsp3) is 0.167. The van der Waals surface area contributed by atoms with Crippen molar-refractivity contribution in [3.63, 3.8) is 0 Å². The van der Waals surface area contributed by atoms with Crippen LogP contribution in [0.25, 0.3) is 0 Å². The minimum absolute atomic E-state index is 0.0914. The Balaban J connectivity index is 2.38. The molecule has 2 N–H and O–H groups in total. The van der Waals surface area contributed by atoms with Crippen LogP contribution in [0.4, 0.5) is 0 Å². The van der Waals surface area contributed by atoms with Gasteiger partial charge in [0.15, 0.2) is 0 Å². The fourth-order valence-electron chi connectivity index (χ4n) is 0.998. The molecule has 3 nitrogen and oxygen atoms in total. The molecule has 10 heavy (non-hydrogen) atoms. The second-order valence-electron chi connectivity index (χ2n) is 2.13. The van der Waals surface area contributed by atoms with Gasteiger partial charge in [0.2, 0.25) is 0 Å². The first-order valence-corrected chi connectivity index (χ1v) is 3.46. The molecule has 0 aromatic carbocycles. The van der Waals surface area contributed by atoms with E-state index in [4.69, 9.17) is 0 Å². The van der Waals surface area contributed by atoms with Gasteiger partial charge in [0.1, 0.15) is 6.17 Å². The molecule has 0 aromatic rings. The normalized spacial score (nSPS) is 27.9. The lowest BCUT2D eigenvalue weighted by Gasteiger charge is -2.15. The van der Waals surface area contributed by atoms with Crippen molar-refractivity contribution in [3.05, 3.63) is 22.9 Å². The molecule has 2 rings (SSSR count). The highest BCUT2D eigenvalue weighted by molar-refractivity contribution is 7.84. The van der Waals surface area contributed by atoms with Crippen LogP contribution in [0.3, 0.4) is 0 Å². The molecule has 0 aliphatic carbocycles. The maximum Gasteiger partial charge on any atom is 0.148 e. The molecule has 0 fully saturated rings. The van der Waals surface area contributed by atoms with Crippen molar-refractivity contribution in [1.29, 1.82) is 0 Å². The van der Waals surface area contributed by atoms with Gasteiger partial charge < -0.3 is 10.6 Å². The van der Waals surface area contributed by atoms with Crippen molar-refractivity contribution in [1.82, 2.24) is 10.6 Å². The molecule has 0 bridgehead atoms. The van der Waals surface area contributed by atoms with Crippen molar-refractivity contribution >= 4 is 19.0 Å². The second-order valence-corrected chi connectivity index (χ2v) is 2.58. The minimum Gasteiger partial charge on any atom is -0.366 e. The number of fused-ring (bicyclic) bond motifs is 1. The first-order chi connectivity index (χ1) is 4.88. The van der Waals surface area contributed by atoms with Crippen molar-refractivity contribution in [2.24, 2.45) is 4.99 Å². The van der Waals surface area contributed by atoms with Gasteiger partial charge in [0, 0.05) is 5.57 Å². The summed E-state index contributed by atoms with van der Waals surface area (Å²) in [7, 11) is 0. The van der Waals surface area contributed by atoms with Gasteiger partial charge in [-0.3, -0.25) is 0 Å². The number of hydrogen-bond donors (Lipinski definition) is 3. The van der Waals surface area contributed by atoms with E-state index >= 15 is 0 Å². The maximum atomic E-state index is 4.22. The summed E-state index contributed by atoms with van der Waals surface area (Å²) in [5.74, 6) is 0. The van der Waals surface area contributed by atoms with Gasteiger partial charge in [-0.15, -0.1) is 12.6 Å². The monoisotopic (exact) mass is 153 g/mol. The molecular formula is C6H7N3S. The van der Waals surface area contributed by atoms with E-state index in [1.54, 1.807) is 6.34 Å². The Kier molecular flexibility index (Phi) is 1.20. The number of nitrogens with one attached hydrogen (secondary N) is 2. The van der Waals surface area contributed by atoms with Crippen LogP contribution < -0.4 is 10.6 Å². The Bertz CT molecular complexity index is 241. The van der Waals surface area contributed by atoms with E-state index in [0.717, 1.165) is 10.6 Å². The maximum absolute atomic E-state index is 4.22. The van der Waals surface area contributed by atoms with E-state index in [9.17, 15) is 0 Å².